The molecule has 178 valence electrons. The predicted octanol–water partition coefficient (Wildman–Crippen LogP) is 2.95. The Kier molecular flexibility index (Phi) is 7.24. The zero-order chi connectivity index (χ0) is 22.7. The Morgan fingerprint density at radius 2 is 1.72 bits per heavy atom. The van der Waals surface area contributed by atoms with Crippen molar-refractivity contribution < 1.29 is 13.6 Å². The monoisotopic (exact) mass is 450 g/mol. The Morgan fingerprint density at radius 1 is 1.06 bits per heavy atom. The molecule has 0 radical (unpaired) electrons. The van der Waals surface area contributed by atoms with E-state index in [1.807, 2.05) is 0 Å². The fraction of sp³-hybridized carbons (Fsp3) is 0.783. The molecule has 3 fully saturated rings. The number of piperazine rings is 1. The van der Waals surface area contributed by atoms with Gasteiger partial charge in [-0.15, -0.1) is 0 Å². The molecular formula is C23H36F2N6O. The number of piperidine rings is 1. The van der Waals surface area contributed by atoms with Gasteiger partial charge in [0.2, 0.25) is 0 Å². The highest BCUT2D eigenvalue weighted by Gasteiger charge is 2.50. The molecule has 32 heavy (non-hydrogen) atoms. The van der Waals surface area contributed by atoms with Crippen LogP contribution in [0, 0.1) is 0 Å². The van der Waals surface area contributed by atoms with Crippen molar-refractivity contribution in [3.8, 4) is 0 Å². The molecule has 2 saturated heterocycles. The van der Waals surface area contributed by atoms with Crippen molar-refractivity contribution in [2.24, 2.45) is 0 Å². The van der Waals surface area contributed by atoms with Crippen LogP contribution in [0.3, 0.4) is 0 Å². The van der Waals surface area contributed by atoms with E-state index in [2.05, 4.69) is 38.9 Å². The number of urea groups is 1. The van der Waals surface area contributed by atoms with Crippen molar-refractivity contribution in [1.82, 2.24) is 30.0 Å². The molecule has 0 spiro atoms. The summed E-state index contributed by atoms with van der Waals surface area (Å²) in [5.41, 5.74) is 0. The molecule has 2 atom stereocenters. The minimum Gasteiger partial charge on any atom is -0.328 e. The zero-order valence-electron chi connectivity index (χ0n) is 19.2. The highest BCUT2D eigenvalue weighted by Crippen LogP contribution is 2.37. The molecule has 2 amide bonds. The summed E-state index contributed by atoms with van der Waals surface area (Å²) in [4.78, 5) is 27.9. The quantitative estimate of drug-likeness (QED) is 0.764. The number of rotatable bonds is 4. The van der Waals surface area contributed by atoms with Crippen molar-refractivity contribution in [3.05, 3.63) is 24.3 Å². The second kappa shape index (κ2) is 9.95. The van der Waals surface area contributed by atoms with Crippen LogP contribution in [0.2, 0.25) is 0 Å². The minimum atomic E-state index is -2.88. The van der Waals surface area contributed by atoms with Crippen LogP contribution in [0.4, 0.5) is 13.6 Å². The van der Waals surface area contributed by atoms with E-state index in [9.17, 15) is 4.79 Å². The Labute approximate surface area is 189 Å². The maximum absolute atomic E-state index is 15.0. The van der Waals surface area contributed by atoms with Gasteiger partial charge >= 0.3 is 6.03 Å². The lowest BCUT2D eigenvalue weighted by Crippen LogP contribution is -2.66. The number of nitrogens with zero attached hydrogens (tertiary/aromatic N) is 5. The van der Waals surface area contributed by atoms with Crippen molar-refractivity contribution in [1.29, 1.82) is 0 Å². The number of hydrogen-bond donors (Lipinski definition) is 1. The molecule has 3 heterocycles. The van der Waals surface area contributed by atoms with Crippen molar-refractivity contribution in [3.63, 3.8) is 0 Å². The summed E-state index contributed by atoms with van der Waals surface area (Å²) in [7, 11) is 0. The highest BCUT2D eigenvalue weighted by atomic mass is 19.3. The normalized spacial score (nSPS) is 28.1. The molecule has 1 aromatic heterocycles. The van der Waals surface area contributed by atoms with Gasteiger partial charge < -0.3 is 10.2 Å². The zero-order valence-corrected chi connectivity index (χ0v) is 19.2. The lowest BCUT2D eigenvalue weighted by molar-refractivity contribution is -0.0973. The first-order valence-electron chi connectivity index (χ1n) is 12.0. The van der Waals surface area contributed by atoms with E-state index in [1.54, 1.807) is 23.4 Å². The SMILES string of the molecule is CC(C)N1CCN(C2CCCC(F)(F)[C@@H]2NC(=O)N2CCC(c3ncccn3)CC2)CC1. The summed E-state index contributed by atoms with van der Waals surface area (Å²) in [6.45, 7) is 8.71. The lowest BCUT2D eigenvalue weighted by Gasteiger charge is -2.47. The van der Waals surface area contributed by atoms with Crippen LogP contribution >= 0.6 is 0 Å². The molecule has 9 heteroatoms. The summed E-state index contributed by atoms with van der Waals surface area (Å²) in [6, 6.07) is 0.437. The fourth-order valence-electron chi connectivity index (χ4n) is 5.42. The van der Waals surface area contributed by atoms with Gasteiger partial charge in [0.1, 0.15) is 11.9 Å². The van der Waals surface area contributed by atoms with Gasteiger partial charge in [0, 0.05) is 76.1 Å². The van der Waals surface area contributed by atoms with Gasteiger partial charge in [-0.3, -0.25) is 9.80 Å². The predicted molar refractivity (Wildman–Crippen MR) is 119 cm³/mol. The second-order valence-electron chi connectivity index (χ2n) is 9.68. The van der Waals surface area contributed by atoms with Gasteiger partial charge in [-0.1, -0.05) is 0 Å². The molecule has 0 aromatic carbocycles. The van der Waals surface area contributed by atoms with Gasteiger partial charge in [-0.05, 0) is 45.6 Å². The van der Waals surface area contributed by atoms with Crippen LogP contribution in [0.15, 0.2) is 18.5 Å². The molecular weight excluding hydrogens is 414 g/mol. The largest absolute Gasteiger partial charge is 0.328 e. The molecule has 7 nitrogen and oxygen atoms in total. The maximum atomic E-state index is 15.0. The average Bonchev–Trinajstić information content (AvgIpc) is 2.81. The van der Waals surface area contributed by atoms with E-state index in [0.717, 1.165) is 44.8 Å². The first-order valence-corrected chi connectivity index (χ1v) is 12.0. The van der Waals surface area contributed by atoms with Gasteiger partial charge in [0.25, 0.3) is 5.92 Å². The van der Waals surface area contributed by atoms with Crippen LogP contribution in [0.25, 0.3) is 0 Å². The van der Waals surface area contributed by atoms with Crippen LogP contribution in [0.5, 0.6) is 0 Å². The van der Waals surface area contributed by atoms with Crippen molar-refractivity contribution in [2.75, 3.05) is 39.3 Å². The summed E-state index contributed by atoms with van der Waals surface area (Å²) >= 11 is 0. The summed E-state index contributed by atoms with van der Waals surface area (Å²) in [6.07, 6.45) is 6.00. The molecule has 0 bridgehead atoms. The molecule has 1 saturated carbocycles. The Morgan fingerprint density at radius 3 is 2.34 bits per heavy atom. The number of alkyl halides is 2. The molecule has 4 rings (SSSR count). The van der Waals surface area contributed by atoms with Crippen LogP contribution in [-0.2, 0) is 0 Å². The highest BCUT2D eigenvalue weighted by molar-refractivity contribution is 5.75. The summed E-state index contributed by atoms with van der Waals surface area (Å²) in [5, 5.41) is 2.77. The fourth-order valence-corrected chi connectivity index (χ4v) is 5.42. The van der Waals surface area contributed by atoms with Gasteiger partial charge in [-0.2, -0.15) is 0 Å². The Hall–Kier alpha value is -1.87. The van der Waals surface area contributed by atoms with Crippen LogP contribution in [0.1, 0.15) is 57.7 Å². The standard InChI is InChI=1S/C23H36F2N6O/c1-17(2)29-13-15-30(16-14-29)19-5-3-8-23(24,25)20(19)28-22(32)31-11-6-18(7-12-31)21-26-9-4-10-27-21/h4,9-10,17-20H,3,5-8,11-16H2,1-2H3,(H,28,32)/t19?,20-/m1/s1. The van der Waals surface area contributed by atoms with Crippen LogP contribution < -0.4 is 5.32 Å². The van der Waals surface area contributed by atoms with E-state index in [-0.39, 0.29) is 24.4 Å². The smallest absolute Gasteiger partial charge is 0.317 e. The molecule has 3 aliphatic rings. The molecule has 2 aliphatic heterocycles. The first kappa shape index (κ1) is 23.3. The topological polar surface area (TPSA) is 64.6 Å². The first-order chi connectivity index (χ1) is 15.3. The number of carbonyl (C=O) groups is 1. The van der Waals surface area contributed by atoms with E-state index in [4.69, 9.17) is 0 Å². The van der Waals surface area contributed by atoms with Crippen molar-refractivity contribution >= 4 is 6.03 Å². The molecule has 1 aromatic rings. The van der Waals surface area contributed by atoms with E-state index in [1.165, 1.54) is 0 Å². The number of carbonyl (C=O) groups excluding carboxylic acids is 1. The summed E-state index contributed by atoms with van der Waals surface area (Å²) < 4.78 is 30.0. The van der Waals surface area contributed by atoms with Crippen molar-refractivity contribution in [2.45, 2.75) is 75.9 Å². The lowest BCUT2D eigenvalue weighted by atomic mass is 9.85. The van der Waals surface area contributed by atoms with Gasteiger partial charge in [0.05, 0.1) is 0 Å². The maximum Gasteiger partial charge on any atom is 0.317 e. The van der Waals surface area contributed by atoms with Crippen LogP contribution in [-0.4, -0.2) is 94.0 Å². The number of amides is 2. The Balaban J connectivity index is 1.36. The average molecular weight is 451 g/mol. The third-order valence-electron chi connectivity index (χ3n) is 7.41. The van der Waals surface area contributed by atoms with E-state index in [0.29, 0.717) is 32.0 Å². The number of hydrogen-bond acceptors (Lipinski definition) is 5. The molecule has 1 N–H and O–H groups in total. The number of likely N-dealkylation sites (tertiary alicyclic amines) is 1. The molecule has 1 unspecified atom stereocenters. The number of aromatic nitrogens is 2. The van der Waals surface area contributed by atoms with Gasteiger partial charge in [-0.25, -0.2) is 23.5 Å². The molecule has 1 aliphatic carbocycles. The number of nitrogens with one attached hydrogen (secondary N) is 1. The minimum absolute atomic E-state index is 0.159. The second-order valence-corrected chi connectivity index (χ2v) is 9.68. The summed E-state index contributed by atoms with van der Waals surface area (Å²) in [5.74, 6) is -1.88. The van der Waals surface area contributed by atoms with E-state index < -0.39 is 12.0 Å². The number of halogens is 2. The third-order valence-corrected chi connectivity index (χ3v) is 7.41. The van der Waals surface area contributed by atoms with Gasteiger partial charge in [0.15, 0.2) is 0 Å². The third kappa shape index (κ3) is 5.20. The Bertz CT molecular complexity index is 748. The van der Waals surface area contributed by atoms with E-state index >= 15 is 8.78 Å².